The molecule has 3 aromatic rings. The number of hydrogen-bond donors (Lipinski definition) is 0. The van der Waals surface area contributed by atoms with Crippen LogP contribution in [0.5, 0.6) is 0 Å². The van der Waals surface area contributed by atoms with E-state index in [1.54, 1.807) is 36.2 Å². The molecule has 160 valence electrons. The van der Waals surface area contributed by atoms with E-state index in [-0.39, 0.29) is 23.8 Å². The molecule has 0 saturated carbocycles. The number of ether oxygens (including phenoxy) is 1. The van der Waals surface area contributed by atoms with Crippen molar-refractivity contribution in [1.29, 1.82) is 0 Å². The number of aromatic nitrogens is 2. The number of nitro benzene ring substituents is 1. The first-order valence-corrected chi connectivity index (χ1v) is 9.60. The topological polar surface area (TPSA) is 108 Å². The van der Waals surface area contributed by atoms with Gasteiger partial charge in [0, 0.05) is 31.4 Å². The lowest BCUT2D eigenvalue weighted by atomic mass is 10.1. The number of nitrogens with zero attached hydrogens (tertiary/aromatic N) is 4. The van der Waals surface area contributed by atoms with E-state index in [0.29, 0.717) is 12.2 Å². The van der Waals surface area contributed by atoms with Crippen molar-refractivity contribution in [1.82, 2.24) is 14.7 Å². The molecule has 2 aromatic carbocycles. The molecular weight excluding hydrogens is 400 g/mol. The summed E-state index contributed by atoms with van der Waals surface area (Å²) in [5.41, 5.74) is 1.68. The zero-order valence-electron chi connectivity index (χ0n) is 17.2. The minimum absolute atomic E-state index is 0.0296. The second kappa shape index (κ2) is 9.66. The second-order valence-electron chi connectivity index (χ2n) is 7.01. The molecule has 0 aliphatic heterocycles. The molecule has 0 aliphatic carbocycles. The van der Waals surface area contributed by atoms with Crippen molar-refractivity contribution >= 4 is 17.6 Å². The van der Waals surface area contributed by atoms with Crippen molar-refractivity contribution in [3.63, 3.8) is 0 Å². The lowest BCUT2D eigenvalue weighted by Crippen LogP contribution is -2.37. The van der Waals surface area contributed by atoms with Crippen LogP contribution in [0.3, 0.4) is 0 Å². The monoisotopic (exact) mass is 422 g/mol. The molecule has 9 nitrogen and oxygen atoms in total. The van der Waals surface area contributed by atoms with Crippen LogP contribution in [0.4, 0.5) is 5.69 Å². The third kappa shape index (κ3) is 5.33. The first-order chi connectivity index (χ1) is 14.9. The maximum Gasteiger partial charge on any atom is 0.310 e. The van der Waals surface area contributed by atoms with Gasteiger partial charge in [-0.05, 0) is 23.8 Å². The molecule has 0 bridgehead atoms. The summed E-state index contributed by atoms with van der Waals surface area (Å²) in [4.78, 5) is 37.0. The van der Waals surface area contributed by atoms with Crippen molar-refractivity contribution in [2.24, 2.45) is 5.92 Å². The smallest absolute Gasteiger partial charge is 0.310 e. The van der Waals surface area contributed by atoms with Crippen LogP contribution in [0.2, 0.25) is 0 Å². The Kier molecular flexibility index (Phi) is 6.76. The fourth-order valence-electron chi connectivity index (χ4n) is 3.10. The number of rotatable bonds is 8. The summed E-state index contributed by atoms with van der Waals surface area (Å²) >= 11 is 0. The van der Waals surface area contributed by atoms with Crippen molar-refractivity contribution in [3.8, 4) is 5.69 Å². The summed E-state index contributed by atoms with van der Waals surface area (Å²) in [5.74, 6) is -1.24. The molecule has 0 N–H and O–H groups in total. The second-order valence-corrected chi connectivity index (χ2v) is 7.01. The van der Waals surface area contributed by atoms with E-state index in [1.807, 2.05) is 30.3 Å². The van der Waals surface area contributed by atoms with Crippen molar-refractivity contribution in [3.05, 3.63) is 88.2 Å². The summed E-state index contributed by atoms with van der Waals surface area (Å²) in [6.45, 7) is 2.18. The number of benzene rings is 2. The minimum atomic E-state index is -0.505. The van der Waals surface area contributed by atoms with Crippen LogP contribution in [0.25, 0.3) is 5.69 Å². The van der Waals surface area contributed by atoms with Gasteiger partial charge in [0.15, 0.2) is 5.69 Å². The van der Waals surface area contributed by atoms with E-state index in [9.17, 15) is 19.7 Å². The predicted molar refractivity (Wildman–Crippen MR) is 113 cm³/mol. The average Bonchev–Trinajstić information content (AvgIpc) is 3.28. The van der Waals surface area contributed by atoms with Gasteiger partial charge in [-0.3, -0.25) is 19.7 Å². The van der Waals surface area contributed by atoms with Crippen LogP contribution in [-0.4, -0.2) is 45.1 Å². The van der Waals surface area contributed by atoms with Gasteiger partial charge in [-0.25, -0.2) is 4.68 Å². The van der Waals surface area contributed by atoms with Gasteiger partial charge < -0.3 is 9.64 Å². The number of non-ortho nitro benzene ring substituents is 1. The Labute approximate surface area is 179 Å². The number of hydrogen-bond acceptors (Lipinski definition) is 6. The number of nitro groups is 1. The van der Waals surface area contributed by atoms with Crippen LogP contribution in [-0.2, 0) is 16.1 Å². The van der Waals surface area contributed by atoms with Gasteiger partial charge in [-0.2, -0.15) is 5.10 Å². The van der Waals surface area contributed by atoms with Crippen LogP contribution >= 0.6 is 0 Å². The molecule has 1 heterocycles. The maximum atomic E-state index is 13.2. The molecule has 0 radical (unpaired) electrons. The highest BCUT2D eigenvalue weighted by atomic mass is 16.6. The Bertz CT molecular complexity index is 1060. The molecule has 1 amide bonds. The molecule has 0 spiro atoms. The Morgan fingerprint density at radius 1 is 1.13 bits per heavy atom. The van der Waals surface area contributed by atoms with E-state index in [2.05, 4.69) is 5.10 Å². The van der Waals surface area contributed by atoms with Crippen LogP contribution in [0.1, 0.15) is 23.0 Å². The summed E-state index contributed by atoms with van der Waals surface area (Å²) in [6, 6.07) is 16.9. The van der Waals surface area contributed by atoms with E-state index >= 15 is 0 Å². The van der Waals surface area contributed by atoms with Gasteiger partial charge in [0.05, 0.1) is 23.6 Å². The van der Waals surface area contributed by atoms with Crippen molar-refractivity contribution in [2.75, 3.05) is 13.7 Å². The lowest BCUT2D eigenvalue weighted by molar-refractivity contribution is -0.384. The fraction of sp³-hybridized carbons (Fsp3) is 0.227. The molecule has 1 aromatic heterocycles. The standard InChI is InChI=1S/C22H22N4O5/c1-16(22(28)31-2)14-24(15-17-6-4-3-5-7-17)21(27)20-12-13-25(23-20)18-8-10-19(11-9-18)26(29)30/h3-13,16H,14-15H2,1-2H3. The number of carbonyl (C=O) groups excluding carboxylic acids is 2. The molecule has 3 rings (SSSR count). The molecule has 9 heteroatoms. The van der Waals surface area contributed by atoms with E-state index in [1.165, 1.54) is 23.9 Å². The molecule has 1 atom stereocenters. The summed E-state index contributed by atoms with van der Waals surface area (Å²) in [7, 11) is 1.31. The predicted octanol–water partition coefficient (Wildman–Crippen LogP) is 3.23. The van der Waals surface area contributed by atoms with Crippen molar-refractivity contribution in [2.45, 2.75) is 13.5 Å². The first-order valence-electron chi connectivity index (χ1n) is 9.60. The van der Waals surface area contributed by atoms with E-state index in [4.69, 9.17) is 4.74 Å². The van der Waals surface area contributed by atoms with Gasteiger partial charge in [0.25, 0.3) is 11.6 Å². The molecule has 0 saturated heterocycles. The Hall–Kier alpha value is -4.01. The van der Waals surface area contributed by atoms with Crippen LogP contribution < -0.4 is 0 Å². The molecule has 0 fully saturated rings. The summed E-state index contributed by atoms with van der Waals surface area (Å²) < 4.78 is 6.27. The van der Waals surface area contributed by atoms with Gasteiger partial charge in [-0.1, -0.05) is 37.3 Å². The summed E-state index contributed by atoms with van der Waals surface area (Å²) in [5, 5.41) is 15.2. The lowest BCUT2D eigenvalue weighted by Gasteiger charge is -2.24. The number of amides is 1. The SMILES string of the molecule is COC(=O)C(C)CN(Cc1ccccc1)C(=O)c1ccn(-c2ccc([N+](=O)[O-])cc2)n1. The maximum absolute atomic E-state index is 13.2. The van der Waals surface area contributed by atoms with E-state index < -0.39 is 16.8 Å². The van der Waals surface area contributed by atoms with Crippen LogP contribution in [0, 0.1) is 16.0 Å². The highest BCUT2D eigenvalue weighted by Gasteiger charge is 2.24. The Morgan fingerprint density at radius 3 is 2.42 bits per heavy atom. The van der Waals surface area contributed by atoms with Gasteiger partial charge in [0.1, 0.15) is 0 Å². The van der Waals surface area contributed by atoms with Crippen LogP contribution in [0.15, 0.2) is 66.9 Å². The highest BCUT2D eigenvalue weighted by molar-refractivity contribution is 5.92. The largest absolute Gasteiger partial charge is 0.469 e. The number of methoxy groups -OCH3 is 1. The van der Waals surface area contributed by atoms with Gasteiger partial charge in [-0.15, -0.1) is 0 Å². The van der Waals surface area contributed by atoms with E-state index in [0.717, 1.165) is 5.56 Å². The average molecular weight is 422 g/mol. The normalized spacial score (nSPS) is 11.5. The Morgan fingerprint density at radius 2 is 1.81 bits per heavy atom. The third-order valence-corrected chi connectivity index (χ3v) is 4.73. The molecule has 31 heavy (non-hydrogen) atoms. The zero-order chi connectivity index (χ0) is 22.4. The van der Waals surface area contributed by atoms with Gasteiger partial charge >= 0.3 is 5.97 Å². The fourth-order valence-corrected chi connectivity index (χ4v) is 3.10. The molecular formula is C22H22N4O5. The highest BCUT2D eigenvalue weighted by Crippen LogP contribution is 2.17. The first kappa shape index (κ1) is 21.7. The summed E-state index contributed by atoms with van der Waals surface area (Å²) in [6.07, 6.45) is 1.61. The van der Waals surface area contributed by atoms with Gasteiger partial charge in [0.2, 0.25) is 0 Å². The Balaban J connectivity index is 1.83. The molecule has 0 aliphatic rings. The number of carbonyl (C=O) groups is 2. The third-order valence-electron chi connectivity index (χ3n) is 4.73. The molecule has 1 unspecified atom stereocenters. The number of esters is 1. The minimum Gasteiger partial charge on any atom is -0.469 e. The van der Waals surface area contributed by atoms with Crippen molar-refractivity contribution < 1.29 is 19.2 Å². The quantitative estimate of drug-likeness (QED) is 0.313. The zero-order valence-corrected chi connectivity index (χ0v) is 17.2.